The number of H-pyrrole nitrogens is 1. The van der Waals surface area contributed by atoms with Crippen LogP contribution in [-0.4, -0.2) is 31.4 Å². The molecule has 0 aliphatic rings. The molecule has 3 aromatic heterocycles. The second kappa shape index (κ2) is 7.28. The van der Waals surface area contributed by atoms with Crippen molar-refractivity contribution in [2.24, 2.45) is 12.2 Å². The Hall–Kier alpha value is -4.04. The van der Waals surface area contributed by atoms with E-state index >= 15 is 0 Å². The Kier molecular flexibility index (Phi) is 4.53. The fourth-order valence-corrected chi connectivity index (χ4v) is 4.45. The van der Waals surface area contributed by atoms with E-state index in [1.165, 1.54) is 0 Å². The number of aromatic nitrogens is 3. The molecule has 2 aromatic carbocycles. The number of benzene rings is 2. The minimum Gasteiger partial charge on any atom is -0.494 e. The molecule has 3 N–H and O–H groups in total. The van der Waals surface area contributed by atoms with Crippen LogP contribution in [0.3, 0.4) is 0 Å². The fourth-order valence-electron chi connectivity index (χ4n) is 4.45. The molecule has 0 fully saturated rings. The third kappa shape index (κ3) is 2.80. The van der Waals surface area contributed by atoms with Gasteiger partial charge in [-0.15, -0.1) is 4.91 Å². The molecule has 8 nitrogen and oxygen atoms in total. The maximum absolute atomic E-state index is 11.0. The number of aromatic amines is 1. The van der Waals surface area contributed by atoms with Gasteiger partial charge in [-0.1, -0.05) is 18.2 Å². The van der Waals surface area contributed by atoms with Crippen molar-refractivity contribution in [1.29, 1.82) is 0 Å². The molecule has 0 saturated carbocycles. The lowest BCUT2D eigenvalue weighted by Gasteiger charge is -2.12. The summed E-state index contributed by atoms with van der Waals surface area (Å²) < 4.78 is 9.39. The molecule has 0 saturated heterocycles. The largest absolute Gasteiger partial charge is 0.494 e. The number of ether oxygens (including phenoxy) is 1. The Bertz CT molecular complexity index is 1490. The number of nitrogens with zero attached hydrogens (tertiary/aromatic N) is 3. The molecule has 1 unspecified atom stereocenters. The van der Waals surface area contributed by atoms with Crippen LogP contribution in [0, 0.1) is 4.91 Å². The van der Waals surface area contributed by atoms with E-state index in [-0.39, 0.29) is 18.0 Å². The van der Waals surface area contributed by atoms with E-state index in [2.05, 4.69) is 10.2 Å². The monoisotopic (exact) mass is 430 g/mol. The van der Waals surface area contributed by atoms with Gasteiger partial charge in [-0.2, -0.15) is 0 Å². The molecule has 32 heavy (non-hydrogen) atoms. The third-order valence-corrected chi connectivity index (χ3v) is 6.05. The highest BCUT2D eigenvalue weighted by molar-refractivity contribution is 6.08. The van der Waals surface area contributed by atoms with Gasteiger partial charge < -0.3 is 24.1 Å². The van der Waals surface area contributed by atoms with Crippen LogP contribution in [0.1, 0.15) is 13.2 Å². The lowest BCUT2D eigenvalue weighted by atomic mass is 9.97. The second-order valence-electron chi connectivity index (χ2n) is 7.82. The van der Waals surface area contributed by atoms with Crippen LogP contribution in [0.4, 0.5) is 5.69 Å². The van der Waals surface area contributed by atoms with Gasteiger partial charge in [0.05, 0.1) is 22.2 Å². The van der Waals surface area contributed by atoms with Crippen LogP contribution in [0.2, 0.25) is 0 Å². The zero-order valence-corrected chi connectivity index (χ0v) is 17.8. The first-order valence-electron chi connectivity index (χ1n) is 10.1. The normalized spacial score (nSPS) is 12.6. The van der Waals surface area contributed by atoms with Crippen molar-refractivity contribution in [3.63, 3.8) is 0 Å². The average molecular weight is 430 g/mol. The number of nitrogens with one attached hydrogen (secondary N) is 1. The molecule has 8 heteroatoms. The van der Waals surface area contributed by atoms with Crippen LogP contribution in [-0.2, 0) is 11.8 Å². The van der Waals surface area contributed by atoms with Crippen molar-refractivity contribution in [2.45, 2.75) is 13.2 Å². The first-order valence-corrected chi connectivity index (χ1v) is 10.1. The number of nitroso groups, excluding NO2 is 1. The van der Waals surface area contributed by atoms with Crippen molar-refractivity contribution in [3.8, 4) is 34.0 Å². The van der Waals surface area contributed by atoms with E-state index in [4.69, 9.17) is 4.74 Å². The Morgan fingerprint density at radius 1 is 0.969 bits per heavy atom. The zero-order chi connectivity index (χ0) is 22.6. The minimum absolute atomic E-state index is 0.131. The molecule has 0 amide bonds. The van der Waals surface area contributed by atoms with E-state index in [1.807, 2.05) is 59.8 Å². The van der Waals surface area contributed by atoms with Crippen LogP contribution in [0.25, 0.3) is 44.1 Å². The number of methoxy groups -OCH3 is 1. The van der Waals surface area contributed by atoms with Gasteiger partial charge in [0.2, 0.25) is 0 Å². The Morgan fingerprint density at radius 2 is 1.62 bits per heavy atom. The zero-order valence-electron chi connectivity index (χ0n) is 17.8. The first kappa shape index (κ1) is 19.9. The van der Waals surface area contributed by atoms with Crippen LogP contribution in [0.5, 0.6) is 11.8 Å². The predicted molar refractivity (Wildman–Crippen MR) is 124 cm³/mol. The highest BCUT2D eigenvalue weighted by Gasteiger charge is 2.26. The maximum Gasteiger partial charge on any atom is 0.200 e. The van der Waals surface area contributed by atoms with Gasteiger partial charge in [0, 0.05) is 48.5 Å². The van der Waals surface area contributed by atoms with Gasteiger partial charge >= 0.3 is 0 Å². The minimum atomic E-state index is -0.224. The molecule has 162 valence electrons. The van der Waals surface area contributed by atoms with Gasteiger partial charge in [-0.05, 0) is 36.4 Å². The number of aryl methyl sites for hydroxylation is 1. The number of para-hydroxylation sites is 1. The van der Waals surface area contributed by atoms with E-state index < -0.39 is 0 Å². The molecule has 0 spiro atoms. The van der Waals surface area contributed by atoms with Crippen LogP contribution < -0.4 is 0 Å². The lowest BCUT2D eigenvalue weighted by molar-refractivity contribution is 0.0643. The van der Waals surface area contributed by atoms with Crippen molar-refractivity contribution < 1.29 is 14.9 Å². The summed E-state index contributed by atoms with van der Waals surface area (Å²) in [6.07, 6.45) is 3.56. The molecule has 5 aromatic rings. The topological polar surface area (TPSA) is 105 Å². The summed E-state index contributed by atoms with van der Waals surface area (Å²) in [5.41, 5.74) is 4.51. The van der Waals surface area contributed by atoms with Gasteiger partial charge in [0.1, 0.15) is 11.9 Å². The van der Waals surface area contributed by atoms with Gasteiger partial charge in [0.25, 0.3) is 0 Å². The lowest BCUT2D eigenvalue weighted by Crippen LogP contribution is -2.04. The Balaban J connectivity index is 1.83. The van der Waals surface area contributed by atoms with Crippen molar-refractivity contribution >= 4 is 27.5 Å². The standard InChI is InChI=1S/C24H22N4O4/c1-13(32-3)28-12-18(15-6-4-5-7-19(15)28)22-21(23(29)25-24(22)30)17-11-27(2)20-10-14(26-31)8-9-16(17)20/h4-13,25,29-30H,1-3H3. The summed E-state index contributed by atoms with van der Waals surface area (Å²) in [6.45, 7) is 1.94. The maximum atomic E-state index is 11.0. The second-order valence-corrected chi connectivity index (χ2v) is 7.82. The summed E-state index contributed by atoms with van der Waals surface area (Å²) in [5, 5.41) is 26.4. The average Bonchev–Trinajstić information content (AvgIpc) is 3.43. The van der Waals surface area contributed by atoms with E-state index in [0.717, 1.165) is 32.9 Å². The fraction of sp³-hybridized carbons (Fsp3) is 0.167. The molecular formula is C24H22N4O4. The van der Waals surface area contributed by atoms with E-state index in [0.29, 0.717) is 16.8 Å². The van der Waals surface area contributed by atoms with Crippen LogP contribution >= 0.6 is 0 Å². The smallest absolute Gasteiger partial charge is 0.200 e. The molecule has 0 aliphatic carbocycles. The summed E-state index contributed by atoms with van der Waals surface area (Å²) in [5.74, 6) is -0.270. The molecule has 5 rings (SSSR count). The van der Waals surface area contributed by atoms with Crippen molar-refractivity contribution in [1.82, 2.24) is 14.1 Å². The van der Waals surface area contributed by atoms with E-state index in [1.54, 1.807) is 25.3 Å². The predicted octanol–water partition coefficient (Wildman–Crippen LogP) is 5.77. The molecule has 3 heterocycles. The SMILES string of the molecule is COC(C)n1cc(-c2c(O)[nH]c(O)c2-c2cn(C)c3cc(N=O)ccc23)c2ccccc21. The molecular weight excluding hydrogens is 408 g/mol. The molecule has 1 atom stereocenters. The Morgan fingerprint density at radius 3 is 2.31 bits per heavy atom. The summed E-state index contributed by atoms with van der Waals surface area (Å²) in [4.78, 5) is 13.7. The molecule has 0 aliphatic heterocycles. The van der Waals surface area contributed by atoms with Crippen molar-refractivity contribution in [3.05, 3.63) is 59.8 Å². The summed E-state index contributed by atoms with van der Waals surface area (Å²) >= 11 is 0. The van der Waals surface area contributed by atoms with Gasteiger partial charge in [0.15, 0.2) is 11.8 Å². The summed E-state index contributed by atoms with van der Waals surface area (Å²) in [7, 11) is 3.50. The first-order chi connectivity index (χ1) is 15.4. The Labute approximate surface area is 183 Å². The van der Waals surface area contributed by atoms with Gasteiger partial charge in [-0.25, -0.2) is 0 Å². The number of hydrogen-bond acceptors (Lipinski definition) is 5. The molecule has 0 bridgehead atoms. The highest BCUT2D eigenvalue weighted by atomic mass is 16.5. The van der Waals surface area contributed by atoms with E-state index in [9.17, 15) is 15.1 Å². The van der Waals surface area contributed by atoms with Crippen molar-refractivity contribution in [2.75, 3.05) is 7.11 Å². The third-order valence-electron chi connectivity index (χ3n) is 6.05. The number of hydrogen-bond donors (Lipinski definition) is 3. The number of aromatic hydroxyl groups is 2. The number of rotatable bonds is 5. The number of fused-ring (bicyclic) bond motifs is 2. The van der Waals surface area contributed by atoms with Gasteiger partial charge in [-0.3, -0.25) is 4.98 Å². The van der Waals surface area contributed by atoms with Crippen LogP contribution in [0.15, 0.2) is 60.0 Å². The molecule has 0 radical (unpaired) electrons. The quantitative estimate of drug-likeness (QED) is 0.308. The highest BCUT2D eigenvalue weighted by Crippen LogP contribution is 2.49. The summed E-state index contributed by atoms with van der Waals surface area (Å²) in [6, 6.07) is 13.0.